The van der Waals surface area contributed by atoms with Gasteiger partial charge in [-0.15, -0.1) is 0 Å². The van der Waals surface area contributed by atoms with Crippen LogP contribution < -0.4 is 28.7 Å². The summed E-state index contributed by atoms with van der Waals surface area (Å²) in [5, 5.41) is 114. The monoisotopic (exact) mass is 791 g/mol. The molecule has 0 aromatic carbocycles. The van der Waals surface area contributed by atoms with E-state index in [-0.39, 0.29) is 13.0 Å². The summed E-state index contributed by atoms with van der Waals surface area (Å²) in [4.78, 5) is 11.8. The Kier molecular flexibility index (Phi) is 14.6. The largest absolute Gasteiger partial charge is 0.479 e. The second-order valence-electron chi connectivity index (χ2n) is 14.0. The molecule has 0 aromatic rings. The summed E-state index contributed by atoms with van der Waals surface area (Å²) in [7, 11) is 0. The number of hydrogen-bond donors (Lipinski definition) is 16. The van der Waals surface area contributed by atoms with Crippen LogP contribution in [0.4, 0.5) is 0 Å². The average Bonchev–Trinajstić information content (AvgIpc) is 3.43. The van der Waals surface area contributed by atoms with Crippen LogP contribution in [0.1, 0.15) is 6.42 Å². The number of aliphatic hydroxyl groups excluding tert-OH is 10. The summed E-state index contributed by atoms with van der Waals surface area (Å²) in [6.07, 6.45) is -33.4. The van der Waals surface area contributed by atoms with Gasteiger partial charge in [-0.3, -0.25) is 0 Å². The Morgan fingerprint density at radius 3 is 1.48 bits per heavy atom. The molecule has 4 saturated heterocycles. The zero-order valence-electron chi connectivity index (χ0n) is 28.7. The molecule has 0 aromatic heterocycles. The lowest BCUT2D eigenvalue weighted by molar-refractivity contribution is -0.342. The molecule has 1 saturated carbocycles. The first kappa shape index (κ1) is 43.7. The summed E-state index contributed by atoms with van der Waals surface area (Å²) in [5.74, 6) is -1.71. The van der Waals surface area contributed by atoms with Gasteiger partial charge in [0.15, 0.2) is 31.3 Å². The molecule has 0 amide bonds. The Hall–Kier alpha value is -1.45. The van der Waals surface area contributed by atoms with Crippen LogP contribution in [0.15, 0.2) is 0 Å². The van der Waals surface area contributed by atoms with E-state index in [4.69, 9.17) is 66.6 Å². The summed E-state index contributed by atoms with van der Waals surface area (Å²) in [6, 6.07) is -5.08. The van der Waals surface area contributed by atoms with Gasteiger partial charge in [-0.25, -0.2) is 4.79 Å². The van der Waals surface area contributed by atoms with Gasteiger partial charge in [-0.05, 0) is 6.42 Å². The molecule has 1 aliphatic carbocycles. The van der Waals surface area contributed by atoms with Gasteiger partial charge < -0.3 is 123 Å². The van der Waals surface area contributed by atoms with Crippen molar-refractivity contribution in [2.45, 2.75) is 153 Å². The highest BCUT2D eigenvalue weighted by molar-refractivity contribution is 5.73. The quantitative estimate of drug-likeness (QED) is 0.0872. The zero-order chi connectivity index (χ0) is 39.9. The number of rotatable bonds is 12. The minimum atomic E-state index is -2.08. The van der Waals surface area contributed by atoms with Crippen molar-refractivity contribution in [1.29, 1.82) is 0 Å². The van der Waals surface area contributed by atoms with Crippen LogP contribution in [-0.4, -0.2) is 229 Å². The zero-order valence-corrected chi connectivity index (χ0v) is 28.7. The van der Waals surface area contributed by atoms with Gasteiger partial charge in [-0.1, -0.05) is 0 Å². The van der Waals surface area contributed by atoms with Crippen molar-refractivity contribution in [3.8, 4) is 0 Å². The highest BCUT2D eigenvalue weighted by Crippen LogP contribution is 2.36. The third-order valence-electron chi connectivity index (χ3n) is 10.4. The van der Waals surface area contributed by atoms with Crippen LogP contribution in [0.2, 0.25) is 0 Å². The molecule has 5 unspecified atom stereocenters. The number of carbonyl (C=O) groups is 1. The Balaban J connectivity index is 1.44. The summed E-state index contributed by atoms with van der Waals surface area (Å²) in [6.45, 7) is -1.80. The molecule has 5 aliphatic rings. The maximum Gasteiger partial charge on any atom is 0.335 e. The number of aliphatic hydroxyl groups is 10. The number of hydrogen-bond acceptors (Lipinski definition) is 24. The van der Waals surface area contributed by atoms with Gasteiger partial charge in [0.05, 0.1) is 25.3 Å². The number of aliphatic carboxylic acids is 1. The van der Waals surface area contributed by atoms with Crippen LogP contribution in [-0.2, 0) is 42.7 Å². The molecule has 4 heterocycles. The molecule has 25 heteroatoms. The molecule has 54 heavy (non-hydrogen) atoms. The van der Waals surface area contributed by atoms with Crippen LogP contribution in [0.25, 0.3) is 0 Å². The first-order valence-electron chi connectivity index (χ1n) is 17.3. The maximum absolute atomic E-state index is 11.8. The van der Waals surface area contributed by atoms with Crippen molar-refractivity contribution < 1.29 is 98.9 Å². The van der Waals surface area contributed by atoms with Crippen molar-refractivity contribution in [2.75, 3.05) is 19.8 Å². The number of ether oxygens (including phenoxy) is 8. The molecule has 21 N–H and O–H groups in total. The topological polar surface area (TPSA) is 444 Å². The molecule has 314 valence electrons. The fraction of sp³-hybridized carbons (Fsp3) is 0.966. The molecule has 0 spiro atoms. The van der Waals surface area contributed by atoms with Crippen molar-refractivity contribution in [3.05, 3.63) is 0 Å². The molecule has 25 nitrogen and oxygen atoms in total. The van der Waals surface area contributed by atoms with E-state index in [0.717, 1.165) is 0 Å². The average molecular weight is 792 g/mol. The number of carboxylic acid groups (broad SMARTS) is 1. The third-order valence-corrected chi connectivity index (χ3v) is 10.4. The minimum absolute atomic E-state index is 0.158. The predicted octanol–water partition coefficient (Wildman–Crippen LogP) is -10.9. The summed E-state index contributed by atoms with van der Waals surface area (Å²) < 4.78 is 46.4. The Morgan fingerprint density at radius 2 is 0.963 bits per heavy atom. The van der Waals surface area contributed by atoms with E-state index < -0.39 is 166 Å². The van der Waals surface area contributed by atoms with E-state index in [1.54, 1.807) is 0 Å². The number of carboxylic acids is 1. The van der Waals surface area contributed by atoms with Crippen molar-refractivity contribution in [2.24, 2.45) is 28.7 Å². The standard InChI is InChI=1S/C29H53N5O20/c30-2-7-12(37)14(39)10(33)26(47-7)52-22-9(4-36)49-29(19(22)44)54-24-20(50-27-11(34)15(40)13(38)8(3-35)48-27)5(31)1-6(32)21(24)51-28-18(43)16(41)17(42)23(53-28)25(45)46/h5-24,26-29,35-44H,1-4,30-34H2,(H,45,46)/t5-,6+,7-,8+,9+,10+,11+,12+,13+,14+,15+,16?,17?,18?,19+,20+,21-,22+,23?,24-,26+,27+,28?,29-/m0/s1. The van der Waals surface area contributed by atoms with Gasteiger partial charge in [0, 0.05) is 18.6 Å². The minimum Gasteiger partial charge on any atom is -0.479 e. The fourth-order valence-corrected chi connectivity index (χ4v) is 7.18. The van der Waals surface area contributed by atoms with Crippen LogP contribution >= 0.6 is 0 Å². The first-order valence-corrected chi connectivity index (χ1v) is 17.3. The second-order valence-corrected chi connectivity index (χ2v) is 14.0. The molecule has 4 aliphatic heterocycles. The van der Waals surface area contributed by atoms with E-state index in [1.807, 2.05) is 0 Å². The predicted molar refractivity (Wildman–Crippen MR) is 170 cm³/mol. The Morgan fingerprint density at radius 1 is 0.519 bits per heavy atom. The molecular formula is C29H53N5O20. The molecule has 5 fully saturated rings. The van der Waals surface area contributed by atoms with E-state index in [0.29, 0.717) is 0 Å². The summed E-state index contributed by atoms with van der Waals surface area (Å²) >= 11 is 0. The highest BCUT2D eigenvalue weighted by Gasteiger charge is 2.57. The van der Waals surface area contributed by atoms with Gasteiger partial charge in [0.2, 0.25) is 0 Å². The fourth-order valence-electron chi connectivity index (χ4n) is 7.18. The van der Waals surface area contributed by atoms with Crippen molar-refractivity contribution in [3.63, 3.8) is 0 Å². The normalized spacial score (nSPS) is 53.0. The van der Waals surface area contributed by atoms with Crippen LogP contribution in [0, 0.1) is 0 Å². The lowest BCUT2D eigenvalue weighted by Gasteiger charge is -2.49. The Labute approximate surface area is 306 Å². The third kappa shape index (κ3) is 8.54. The van der Waals surface area contributed by atoms with E-state index in [1.165, 1.54) is 0 Å². The maximum atomic E-state index is 11.8. The Bertz CT molecular complexity index is 1230. The molecule has 0 bridgehead atoms. The first-order chi connectivity index (χ1) is 25.4. The highest BCUT2D eigenvalue weighted by atomic mass is 16.8. The lowest BCUT2D eigenvalue weighted by Crippen LogP contribution is -2.69. The van der Waals surface area contributed by atoms with Gasteiger partial charge in [0.1, 0.15) is 91.6 Å². The summed E-state index contributed by atoms with van der Waals surface area (Å²) in [5.41, 5.74) is 30.7. The van der Waals surface area contributed by atoms with Gasteiger partial charge in [0.25, 0.3) is 0 Å². The second kappa shape index (κ2) is 18.0. The SMILES string of the molecule is NC[C@@H]1O[C@H](O[C@H]2[C@@H](O)[C@H](O[C@@H]3[C@@H](OC4OC(C(=O)O)C(O)C(O)C4O)[C@H](N)C[C@H](N)[C@H]3O[C@H]3O[C@H](CO)[C@@H](O)[C@H](O)[C@H]3N)O[C@@H]2CO)[C@H](N)[C@@H](O)[C@@H]1O. The van der Waals surface area contributed by atoms with Crippen LogP contribution in [0.3, 0.4) is 0 Å². The van der Waals surface area contributed by atoms with Crippen molar-refractivity contribution >= 4 is 5.97 Å². The van der Waals surface area contributed by atoms with E-state index in [2.05, 4.69) is 0 Å². The molecule has 5 rings (SSSR count). The van der Waals surface area contributed by atoms with Crippen molar-refractivity contribution in [1.82, 2.24) is 0 Å². The van der Waals surface area contributed by atoms with E-state index >= 15 is 0 Å². The van der Waals surface area contributed by atoms with Gasteiger partial charge >= 0.3 is 5.97 Å². The molecule has 24 atom stereocenters. The van der Waals surface area contributed by atoms with E-state index in [9.17, 15) is 61.0 Å². The molecular weight excluding hydrogens is 738 g/mol. The van der Waals surface area contributed by atoms with Crippen LogP contribution in [0.5, 0.6) is 0 Å². The number of nitrogens with two attached hydrogens (primary N) is 5. The lowest BCUT2D eigenvalue weighted by atomic mass is 9.83. The smallest absolute Gasteiger partial charge is 0.335 e. The van der Waals surface area contributed by atoms with Gasteiger partial charge in [-0.2, -0.15) is 0 Å². The molecule has 0 radical (unpaired) electrons.